The largest absolute Gasteiger partial charge is 0.479 e. The Morgan fingerprint density at radius 2 is 1.62 bits per heavy atom. The van der Waals surface area contributed by atoms with Crippen LogP contribution < -0.4 is 10.1 Å². The molecular weight excluding hydrogens is 330 g/mol. The van der Waals surface area contributed by atoms with Gasteiger partial charge in [0.2, 0.25) is 0 Å². The van der Waals surface area contributed by atoms with Crippen LogP contribution >= 0.6 is 0 Å². The first-order valence-electron chi connectivity index (χ1n) is 8.58. The number of hydrogen-bond acceptors (Lipinski definition) is 4. The summed E-state index contributed by atoms with van der Waals surface area (Å²) in [5, 5.41) is 2.80. The van der Waals surface area contributed by atoms with Crippen LogP contribution in [-0.4, -0.2) is 24.1 Å². The smallest absolute Gasteiger partial charge is 0.347 e. The normalized spacial score (nSPS) is 12.8. The predicted molar refractivity (Wildman–Crippen MR) is 101 cm³/mol. The van der Waals surface area contributed by atoms with Crippen molar-refractivity contribution in [2.24, 2.45) is 0 Å². The molecule has 0 unspecified atom stereocenters. The van der Waals surface area contributed by atoms with E-state index in [1.54, 1.807) is 13.0 Å². The lowest BCUT2D eigenvalue weighted by Gasteiger charge is -2.18. The summed E-state index contributed by atoms with van der Waals surface area (Å²) in [7, 11) is 0. The molecule has 0 heterocycles. The van der Waals surface area contributed by atoms with E-state index in [1.165, 1.54) is 6.92 Å². The first-order chi connectivity index (χ1) is 12.3. The number of aryl methyl sites for hydroxylation is 3. The number of esters is 1. The van der Waals surface area contributed by atoms with E-state index in [0.29, 0.717) is 11.4 Å². The van der Waals surface area contributed by atoms with Crippen molar-refractivity contribution < 1.29 is 19.1 Å². The second-order valence-corrected chi connectivity index (χ2v) is 6.46. The van der Waals surface area contributed by atoms with Crippen LogP contribution in [0.15, 0.2) is 42.5 Å². The molecule has 1 amide bonds. The average molecular weight is 355 g/mol. The number of benzene rings is 2. The zero-order valence-electron chi connectivity index (χ0n) is 15.8. The molecule has 0 saturated heterocycles. The van der Waals surface area contributed by atoms with E-state index >= 15 is 0 Å². The number of hydrogen-bond donors (Lipinski definition) is 1. The van der Waals surface area contributed by atoms with Gasteiger partial charge >= 0.3 is 5.97 Å². The molecule has 26 heavy (non-hydrogen) atoms. The molecule has 0 aliphatic heterocycles. The highest BCUT2D eigenvalue weighted by molar-refractivity contribution is 5.96. The van der Waals surface area contributed by atoms with Gasteiger partial charge < -0.3 is 14.8 Å². The van der Waals surface area contributed by atoms with E-state index in [9.17, 15) is 9.59 Å². The Bertz CT molecular complexity index is 800. The second kappa shape index (κ2) is 8.52. The highest BCUT2D eigenvalue weighted by Gasteiger charge is 2.23. The van der Waals surface area contributed by atoms with Crippen molar-refractivity contribution in [1.29, 1.82) is 0 Å². The van der Waals surface area contributed by atoms with Crippen LogP contribution in [0.4, 0.5) is 5.69 Å². The van der Waals surface area contributed by atoms with Crippen molar-refractivity contribution >= 4 is 17.6 Å². The Kier molecular flexibility index (Phi) is 6.39. The molecule has 0 bridgehead atoms. The van der Waals surface area contributed by atoms with Crippen LogP contribution in [0.5, 0.6) is 5.75 Å². The van der Waals surface area contributed by atoms with Gasteiger partial charge in [-0.15, -0.1) is 0 Å². The maximum Gasteiger partial charge on any atom is 0.347 e. The van der Waals surface area contributed by atoms with Gasteiger partial charge in [-0.3, -0.25) is 4.79 Å². The van der Waals surface area contributed by atoms with Gasteiger partial charge in [0.1, 0.15) is 5.75 Å². The van der Waals surface area contributed by atoms with E-state index in [4.69, 9.17) is 9.47 Å². The minimum absolute atomic E-state index is 0.380. The fourth-order valence-electron chi connectivity index (χ4n) is 2.37. The summed E-state index contributed by atoms with van der Waals surface area (Å²) in [6.07, 6.45) is -1.74. The number of ether oxygens (including phenoxy) is 2. The fraction of sp³-hybridized carbons (Fsp3) is 0.333. The molecule has 5 heteroatoms. The van der Waals surface area contributed by atoms with Gasteiger partial charge in [0.15, 0.2) is 12.2 Å². The van der Waals surface area contributed by atoms with Crippen LogP contribution in [0.3, 0.4) is 0 Å². The topological polar surface area (TPSA) is 64.6 Å². The molecule has 0 aliphatic carbocycles. The van der Waals surface area contributed by atoms with E-state index in [0.717, 1.165) is 16.7 Å². The van der Waals surface area contributed by atoms with Crippen LogP contribution in [0.2, 0.25) is 0 Å². The molecule has 1 N–H and O–H groups in total. The molecule has 0 radical (unpaired) electrons. The van der Waals surface area contributed by atoms with E-state index in [1.807, 2.05) is 57.2 Å². The summed E-state index contributed by atoms with van der Waals surface area (Å²) in [5.41, 5.74) is 3.72. The summed E-state index contributed by atoms with van der Waals surface area (Å²) < 4.78 is 10.8. The Morgan fingerprint density at radius 1 is 0.923 bits per heavy atom. The number of amides is 1. The SMILES string of the molecule is Cc1cccc(O[C@@H](C)C(=O)O[C@H](C)C(=O)Nc2cc(C)ccc2C)c1. The third-order valence-corrected chi connectivity index (χ3v) is 3.95. The van der Waals surface area contributed by atoms with Gasteiger partial charge in [-0.2, -0.15) is 0 Å². The number of rotatable bonds is 6. The van der Waals surface area contributed by atoms with E-state index < -0.39 is 18.2 Å². The van der Waals surface area contributed by atoms with Gasteiger partial charge in [0, 0.05) is 5.69 Å². The van der Waals surface area contributed by atoms with Gasteiger partial charge in [-0.25, -0.2) is 4.79 Å². The van der Waals surface area contributed by atoms with E-state index in [2.05, 4.69) is 5.32 Å². The molecule has 2 aromatic rings. The number of carbonyl (C=O) groups is 2. The lowest BCUT2D eigenvalue weighted by atomic mass is 10.1. The van der Waals surface area contributed by atoms with Crippen LogP contribution in [0.25, 0.3) is 0 Å². The van der Waals surface area contributed by atoms with Crippen molar-refractivity contribution in [3.8, 4) is 5.75 Å². The summed E-state index contributed by atoms with van der Waals surface area (Å²) in [5.74, 6) is -0.383. The monoisotopic (exact) mass is 355 g/mol. The molecule has 2 aromatic carbocycles. The zero-order valence-corrected chi connectivity index (χ0v) is 15.8. The average Bonchev–Trinajstić information content (AvgIpc) is 2.58. The maximum absolute atomic E-state index is 12.3. The summed E-state index contributed by atoms with van der Waals surface area (Å²) >= 11 is 0. The standard InChI is InChI=1S/C21H25NO4/c1-13-7-6-8-18(11-13)25-17(5)21(24)26-16(4)20(23)22-19-12-14(2)9-10-15(19)3/h6-12,16-17H,1-5H3,(H,22,23)/t16-,17+/m1/s1. The molecular formula is C21H25NO4. The lowest BCUT2D eigenvalue weighted by molar-refractivity contribution is -0.159. The fourth-order valence-corrected chi connectivity index (χ4v) is 2.37. The molecule has 0 aliphatic rings. The summed E-state index contributed by atoms with van der Waals surface area (Å²) in [6.45, 7) is 8.93. The van der Waals surface area contributed by atoms with Crippen molar-refractivity contribution in [2.75, 3.05) is 5.32 Å². The van der Waals surface area contributed by atoms with Crippen molar-refractivity contribution in [3.05, 3.63) is 59.2 Å². The van der Waals surface area contributed by atoms with Crippen molar-refractivity contribution in [2.45, 2.75) is 46.8 Å². The lowest BCUT2D eigenvalue weighted by Crippen LogP contribution is -2.35. The molecule has 0 spiro atoms. The van der Waals surface area contributed by atoms with Crippen LogP contribution in [0.1, 0.15) is 30.5 Å². The number of nitrogens with one attached hydrogen (secondary N) is 1. The second-order valence-electron chi connectivity index (χ2n) is 6.46. The van der Waals surface area contributed by atoms with Gasteiger partial charge in [-0.05, 0) is 69.5 Å². The first-order valence-corrected chi connectivity index (χ1v) is 8.58. The van der Waals surface area contributed by atoms with Crippen LogP contribution in [0, 0.1) is 20.8 Å². The highest BCUT2D eigenvalue weighted by Crippen LogP contribution is 2.18. The van der Waals surface area contributed by atoms with Gasteiger partial charge in [0.25, 0.3) is 5.91 Å². The van der Waals surface area contributed by atoms with Crippen LogP contribution in [-0.2, 0) is 14.3 Å². The molecule has 5 nitrogen and oxygen atoms in total. The van der Waals surface area contributed by atoms with Crippen molar-refractivity contribution in [3.63, 3.8) is 0 Å². The maximum atomic E-state index is 12.3. The predicted octanol–water partition coefficient (Wildman–Crippen LogP) is 3.95. The van der Waals surface area contributed by atoms with Crippen molar-refractivity contribution in [1.82, 2.24) is 0 Å². The number of carbonyl (C=O) groups excluding carboxylic acids is 2. The molecule has 2 atom stereocenters. The number of anilines is 1. The molecule has 0 aromatic heterocycles. The Labute approximate surface area is 154 Å². The first kappa shape index (κ1) is 19.5. The highest BCUT2D eigenvalue weighted by atomic mass is 16.6. The molecule has 2 rings (SSSR count). The van der Waals surface area contributed by atoms with E-state index in [-0.39, 0.29) is 5.91 Å². The Balaban J connectivity index is 1.92. The molecule has 0 fully saturated rings. The summed E-state index contributed by atoms with van der Waals surface area (Å²) in [4.78, 5) is 24.5. The molecule has 0 saturated carbocycles. The third-order valence-electron chi connectivity index (χ3n) is 3.95. The Morgan fingerprint density at radius 3 is 2.31 bits per heavy atom. The van der Waals surface area contributed by atoms with Gasteiger partial charge in [0.05, 0.1) is 0 Å². The minimum Gasteiger partial charge on any atom is -0.479 e. The Hall–Kier alpha value is -2.82. The third kappa shape index (κ3) is 5.34. The summed E-state index contributed by atoms with van der Waals surface area (Å²) in [6, 6.07) is 13.2. The zero-order chi connectivity index (χ0) is 19.3. The van der Waals surface area contributed by atoms with Gasteiger partial charge in [-0.1, -0.05) is 24.3 Å². The quantitative estimate of drug-likeness (QED) is 0.797. The minimum atomic E-state index is -0.925. The molecule has 138 valence electrons.